The number of rotatable bonds is 16. The summed E-state index contributed by atoms with van der Waals surface area (Å²) < 4.78 is 16.5. The molecule has 0 fully saturated rings. The Kier molecular flexibility index (Phi) is 13.3. The van der Waals surface area contributed by atoms with Crippen molar-refractivity contribution in [2.75, 3.05) is 13.2 Å². The molecule has 192 valence electrons. The molecule has 0 amide bonds. The van der Waals surface area contributed by atoms with Crippen molar-refractivity contribution in [2.45, 2.75) is 78.6 Å². The summed E-state index contributed by atoms with van der Waals surface area (Å²) in [4.78, 5) is 24.7. The molecule has 2 aromatic carbocycles. The van der Waals surface area contributed by atoms with E-state index in [9.17, 15) is 9.59 Å². The van der Waals surface area contributed by atoms with Gasteiger partial charge in [-0.25, -0.2) is 9.59 Å². The second-order valence-corrected chi connectivity index (χ2v) is 9.40. The Morgan fingerprint density at radius 3 is 2.09 bits per heavy atom. The number of carbonyl (C=O) groups is 2. The van der Waals surface area contributed by atoms with Crippen molar-refractivity contribution in [3.63, 3.8) is 0 Å². The number of carbonyl (C=O) groups excluding carboxylic acids is 2. The molecule has 0 N–H and O–H groups in total. The number of hydrogen-bond donors (Lipinski definition) is 0. The van der Waals surface area contributed by atoms with Crippen LogP contribution in [0.1, 0.15) is 99.3 Å². The third-order valence-electron chi connectivity index (χ3n) is 5.92. The number of halogens is 1. The van der Waals surface area contributed by atoms with Gasteiger partial charge in [-0.3, -0.25) is 0 Å². The summed E-state index contributed by atoms with van der Waals surface area (Å²) in [6.07, 6.45) is 10.9. The Hall–Kier alpha value is -2.53. The van der Waals surface area contributed by atoms with Gasteiger partial charge in [-0.2, -0.15) is 0 Å². The molecule has 5 nitrogen and oxygen atoms in total. The van der Waals surface area contributed by atoms with Crippen LogP contribution in [0.3, 0.4) is 0 Å². The maximum Gasteiger partial charge on any atom is 0.345 e. The normalized spacial score (nSPS) is 11.7. The average Bonchev–Trinajstić information content (AvgIpc) is 2.86. The van der Waals surface area contributed by atoms with Crippen molar-refractivity contribution in [2.24, 2.45) is 5.92 Å². The number of benzene rings is 2. The molecule has 0 saturated carbocycles. The highest BCUT2D eigenvalue weighted by atomic mass is 35.5. The van der Waals surface area contributed by atoms with Crippen LogP contribution >= 0.6 is 11.6 Å². The third-order valence-corrected chi connectivity index (χ3v) is 6.24. The van der Waals surface area contributed by atoms with Crippen LogP contribution in [0.15, 0.2) is 42.5 Å². The van der Waals surface area contributed by atoms with Crippen LogP contribution in [0.25, 0.3) is 0 Å². The Labute approximate surface area is 215 Å². The molecule has 0 aliphatic carbocycles. The van der Waals surface area contributed by atoms with E-state index in [-0.39, 0.29) is 10.6 Å². The second-order valence-electron chi connectivity index (χ2n) is 8.99. The molecule has 1 atom stereocenters. The van der Waals surface area contributed by atoms with Gasteiger partial charge in [0, 0.05) is 0 Å². The van der Waals surface area contributed by atoms with E-state index < -0.39 is 11.9 Å². The first kappa shape index (κ1) is 28.7. The van der Waals surface area contributed by atoms with E-state index >= 15 is 0 Å². The van der Waals surface area contributed by atoms with Crippen LogP contribution in [0, 0.1) is 5.92 Å². The summed E-state index contributed by atoms with van der Waals surface area (Å²) in [6, 6.07) is 11.2. The highest BCUT2D eigenvalue weighted by Crippen LogP contribution is 2.25. The lowest BCUT2D eigenvalue weighted by atomic mass is 10.1. The van der Waals surface area contributed by atoms with Gasteiger partial charge in [0.1, 0.15) is 11.5 Å². The van der Waals surface area contributed by atoms with Crippen LogP contribution < -0.4 is 9.47 Å². The molecule has 0 aromatic heterocycles. The first-order valence-corrected chi connectivity index (χ1v) is 13.2. The summed E-state index contributed by atoms with van der Waals surface area (Å²) in [5, 5.41) is 0.272. The number of ether oxygens (including phenoxy) is 3. The lowest BCUT2D eigenvalue weighted by molar-refractivity contribution is 0.0447. The van der Waals surface area contributed by atoms with E-state index in [4.69, 9.17) is 25.8 Å². The van der Waals surface area contributed by atoms with Crippen LogP contribution in [0.5, 0.6) is 11.5 Å². The van der Waals surface area contributed by atoms with Crippen molar-refractivity contribution in [1.82, 2.24) is 0 Å². The largest absolute Gasteiger partial charge is 0.494 e. The van der Waals surface area contributed by atoms with Crippen molar-refractivity contribution in [3.8, 4) is 11.5 Å². The van der Waals surface area contributed by atoms with Gasteiger partial charge in [0.05, 0.1) is 29.4 Å². The Morgan fingerprint density at radius 1 is 0.829 bits per heavy atom. The van der Waals surface area contributed by atoms with Crippen molar-refractivity contribution >= 4 is 23.5 Å². The Bertz CT molecular complexity index is 910. The predicted molar refractivity (Wildman–Crippen MR) is 141 cm³/mol. The molecule has 0 bridgehead atoms. The minimum absolute atomic E-state index is 0.253. The maximum atomic E-state index is 12.6. The van der Waals surface area contributed by atoms with Crippen molar-refractivity contribution in [1.29, 1.82) is 0 Å². The highest BCUT2D eigenvalue weighted by molar-refractivity contribution is 6.33. The van der Waals surface area contributed by atoms with Gasteiger partial charge in [0.25, 0.3) is 0 Å². The lowest BCUT2D eigenvalue weighted by Crippen LogP contribution is -2.12. The van der Waals surface area contributed by atoms with E-state index in [0.717, 1.165) is 19.3 Å². The van der Waals surface area contributed by atoms with Gasteiger partial charge in [-0.1, -0.05) is 83.7 Å². The first-order valence-electron chi connectivity index (χ1n) is 12.9. The molecule has 0 aliphatic rings. The van der Waals surface area contributed by atoms with E-state index in [2.05, 4.69) is 6.92 Å². The van der Waals surface area contributed by atoms with E-state index in [1.54, 1.807) is 42.5 Å². The van der Waals surface area contributed by atoms with Crippen LogP contribution in [0.2, 0.25) is 5.02 Å². The molecule has 0 saturated heterocycles. The summed E-state index contributed by atoms with van der Waals surface area (Å²) in [5.41, 5.74) is 0.660. The lowest BCUT2D eigenvalue weighted by Gasteiger charge is -2.11. The van der Waals surface area contributed by atoms with Gasteiger partial charge < -0.3 is 14.2 Å². The molecule has 2 rings (SSSR count). The predicted octanol–water partition coefficient (Wildman–Crippen LogP) is 8.28. The van der Waals surface area contributed by atoms with Crippen LogP contribution in [0.4, 0.5) is 0 Å². The number of unbranched alkanes of at least 4 members (excludes halogenated alkanes) is 7. The van der Waals surface area contributed by atoms with Crippen LogP contribution in [-0.4, -0.2) is 25.2 Å². The fourth-order valence-corrected chi connectivity index (χ4v) is 3.67. The standard InChI is InChI=1S/C29H39ClO5/c1-4-6-7-8-9-10-11-12-19-33-25-17-18-26(27(30)20-25)29(32)35-24-15-13-23(14-16-24)28(31)34-21-22(3)5-2/h13-18,20,22H,4-12,19,21H2,1-3H3. The molecule has 6 heteroatoms. The van der Waals surface area contributed by atoms with Gasteiger partial charge in [0.15, 0.2) is 0 Å². The number of esters is 2. The Morgan fingerprint density at radius 2 is 1.46 bits per heavy atom. The van der Waals surface area contributed by atoms with Gasteiger partial charge in [-0.05, 0) is 54.8 Å². The maximum absolute atomic E-state index is 12.6. The van der Waals surface area contributed by atoms with Gasteiger partial charge in [-0.15, -0.1) is 0 Å². The van der Waals surface area contributed by atoms with Crippen molar-refractivity contribution < 1.29 is 23.8 Å². The monoisotopic (exact) mass is 502 g/mol. The average molecular weight is 503 g/mol. The zero-order chi connectivity index (χ0) is 25.5. The molecule has 0 spiro atoms. The third kappa shape index (κ3) is 10.7. The quantitative estimate of drug-likeness (QED) is 0.131. The minimum atomic E-state index is -0.572. The molecule has 0 radical (unpaired) electrons. The van der Waals surface area contributed by atoms with E-state index in [1.807, 2.05) is 13.8 Å². The molecule has 0 aliphatic heterocycles. The summed E-state index contributed by atoms with van der Waals surface area (Å²) in [5.74, 6) is 0.297. The summed E-state index contributed by atoms with van der Waals surface area (Å²) in [7, 11) is 0. The summed E-state index contributed by atoms with van der Waals surface area (Å²) in [6.45, 7) is 7.31. The molecule has 35 heavy (non-hydrogen) atoms. The molecular weight excluding hydrogens is 464 g/mol. The first-order chi connectivity index (χ1) is 16.9. The second kappa shape index (κ2) is 16.2. The fourth-order valence-electron chi connectivity index (χ4n) is 3.42. The van der Waals surface area contributed by atoms with E-state index in [0.29, 0.717) is 36.2 Å². The van der Waals surface area contributed by atoms with Crippen LogP contribution in [-0.2, 0) is 4.74 Å². The Balaban J connectivity index is 1.77. The van der Waals surface area contributed by atoms with Crippen molar-refractivity contribution in [3.05, 3.63) is 58.6 Å². The smallest absolute Gasteiger partial charge is 0.345 e. The molecule has 2 aromatic rings. The van der Waals surface area contributed by atoms with E-state index in [1.165, 1.54) is 38.5 Å². The fraction of sp³-hybridized carbons (Fsp3) is 0.517. The van der Waals surface area contributed by atoms with Gasteiger partial charge >= 0.3 is 11.9 Å². The topological polar surface area (TPSA) is 61.8 Å². The zero-order valence-corrected chi connectivity index (χ0v) is 22.1. The zero-order valence-electron chi connectivity index (χ0n) is 21.3. The number of hydrogen-bond acceptors (Lipinski definition) is 5. The molecule has 0 heterocycles. The molecule has 1 unspecified atom stereocenters. The highest BCUT2D eigenvalue weighted by Gasteiger charge is 2.15. The molecular formula is C29H39ClO5. The minimum Gasteiger partial charge on any atom is -0.494 e. The SMILES string of the molecule is CCCCCCCCCCOc1ccc(C(=O)Oc2ccc(C(=O)OCC(C)CC)cc2)c(Cl)c1. The van der Waals surface area contributed by atoms with Gasteiger partial charge in [0.2, 0.25) is 0 Å². The summed E-state index contributed by atoms with van der Waals surface area (Å²) >= 11 is 6.31.